The van der Waals surface area contributed by atoms with Gasteiger partial charge in [0.1, 0.15) is 12.4 Å². The summed E-state index contributed by atoms with van der Waals surface area (Å²) < 4.78 is 6.06. The molecule has 1 heterocycles. The van der Waals surface area contributed by atoms with Gasteiger partial charge >= 0.3 is 0 Å². The molecular formula is C22H21NO3. The molecule has 0 saturated carbocycles. The Bertz CT molecular complexity index is 870. The van der Waals surface area contributed by atoms with Gasteiger partial charge in [0.2, 0.25) is 5.91 Å². The first kappa shape index (κ1) is 16.6. The fourth-order valence-corrected chi connectivity index (χ4v) is 3.81. The lowest BCUT2D eigenvalue weighted by atomic mass is 9.78. The zero-order chi connectivity index (χ0) is 17.9. The zero-order valence-electron chi connectivity index (χ0n) is 14.5. The van der Waals surface area contributed by atoms with Crippen LogP contribution in [-0.2, 0) is 16.2 Å². The minimum absolute atomic E-state index is 0.0266. The van der Waals surface area contributed by atoms with Crippen molar-refractivity contribution in [3.8, 4) is 5.75 Å². The van der Waals surface area contributed by atoms with E-state index in [9.17, 15) is 9.59 Å². The molecule has 4 nitrogen and oxygen atoms in total. The first-order valence-electron chi connectivity index (χ1n) is 9.04. The first-order chi connectivity index (χ1) is 12.7. The quantitative estimate of drug-likeness (QED) is 0.913. The number of nitrogens with one attached hydrogen (secondary N) is 1. The summed E-state index contributed by atoms with van der Waals surface area (Å²) in [4.78, 5) is 24.8. The van der Waals surface area contributed by atoms with Gasteiger partial charge in [-0.1, -0.05) is 48.5 Å². The van der Waals surface area contributed by atoms with E-state index in [2.05, 4.69) is 5.32 Å². The fourth-order valence-electron chi connectivity index (χ4n) is 3.81. The average molecular weight is 347 g/mol. The van der Waals surface area contributed by atoms with E-state index in [1.165, 1.54) is 0 Å². The molecule has 0 fully saturated rings. The highest BCUT2D eigenvalue weighted by Gasteiger charge is 2.35. The van der Waals surface area contributed by atoms with Crippen LogP contribution < -0.4 is 10.1 Å². The summed E-state index contributed by atoms with van der Waals surface area (Å²) in [6, 6.07) is 17.7. The van der Waals surface area contributed by atoms with Crippen LogP contribution in [0, 0.1) is 0 Å². The molecule has 0 spiro atoms. The highest BCUT2D eigenvalue weighted by Crippen LogP contribution is 2.41. The van der Waals surface area contributed by atoms with Crippen LogP contribution in [0.2, 0.25) is 0 Å². The molecule has 26 heavy (non-hydrogen) atoms. The maximum atomic E-state index is 12.6. The van der Waals surface area contributed by atoms with Crippen molar-refractivity contribution in [2.75, 3.05) is 0 Å². The van der Waals surface area contributed by atoms with Gasteiger partial charge in [-0.3, -0.25) is 9.59 Å². The molecule has 132 valence electrons. The number of amides is 1. The number of hydrogen-bond acceptors (Lipinski definition) is 3. The van der Waals surface area contributed by atoms with E-state index < -0.39 is 0 Å². The molecule has 4 heteroatoms. The monoisotopic (exact) mass is 347 g/mol. The van der Waals surface area contributed by atoms with Gasteiger partial charge in [-0.25, -0.2) is 0 Å². The second kappa shape index (κ2) is 7.16. The van der Waals surface area contributed by atoms with Gasteiger partial charge in [-0.2, -0.15) is 0 Å². The number of para-hydroxylation sites is 1. The molecule has 1 N–H and O–H groups in total. The third-order valence-corrected chi connectivity index (χ3v) is 5.02. The van der Waals surface area contributed by atoms with Crippen molar-refractivity contribution in [1.82, 2.24) is 5.32 Å². The van der Waals surface area contributed by atoms with E-state index in [1.54, 1.807) is 0 Å². The van der Waals surface area contributed by atoms with Gasteiger partial charge in [0.15, 0.2) is 5.78 Å². The predicted octanol–water partition coefficient (Wildman–Crippen LogP) is 3.88. The van der Waals surface area contributed by atoms with Crippen molar-refractivity contribution in [1.29, 1.82) is 0 Å². The molecule has 0 saturated heterocycles. The molecule has 1 atom stereocenters. The van der Waals surface area contributed by atoms with Crippen molar-refractivity contribution >= 4 is 11.7 Å². The molecule has 0 unspecified atom stereocenters. The predicted molar refractivity (Wildman–Crippen MR) is 98.6 cm³/mol. The highest BCUT2D eigenvalue weighted by molar-refractivity contribution is 6.01. The van der Waals surface area contributed by atoms with Crippen LogP contribution in [-0.4, -0.2) is 11.7 Å². The highest BCUT2D eigenvalue weighted by atomic mass is 16.5. The number of ketones is 1. The molecule has 1 amide bonds. The molecule has 0 bridgehead atoms. The molecular weight excluding hydrogens is 326 g/mol. The molecule has 4 rings (SSSR count). The van der Waals surface area contributed by atoms with Crippen molar-refractivity contribution < 1.29 is 14.3 Å². The summed E-state index contributed by atoms with van der Waals surface area (Å²) >= 11 is 0. The Morgan fingerprint density at radius 3 is 2.58 bits per heavy atom. The number of benzene rings is 2. The number of rotatable bonds is 4. The van der Waals surface area contributed by atoms with Crippen LogP contribution in [0.15, 0.2) is 65.9 Å². The molecule has 1 aliphatic carbocycles. The van der Waals surface area contributed by atoms with E-state index in [0.717, 1.165) is 41.0 Å². The summed E-state index contributed by atoms with van der Waals surface area (Å²) in [5.74, 6) is 0.634. The lowest BCUT2D eigenvalue weighted by molar-refractivity contribution is -0.122. The number of carbonyl (C=O) groups excluding carboxylic acids is 2. The number of ether oxygens (including phenoxy) is 1. The van der Waals surface area contributed by atoms with Gasteiger partial charge in [-0.05, 0) is 24.5 Å². The van der Waals surface area contributed by atoms with Crippen molar-refractivity contribution in [3.63, 3.8) is 0 Å². The number of carbonyl (C=O) groups is 2. The minimum Gasteiger partial charge on any atom is -0.489 e. The Labute approximate surface area is 152 Å². The van der Waals surface area contributed by atoms with E-state index in [0.29, 0.717) is 13.0 Å². The lowest BCUT2D eigenvalue weighted by Gasteiger charge is -2.31. The van der Waals surface area contributed by atoms with Crippen LogP contribution in [0.5, 0.6) is 5.75 Å². The van der Waals surface area contributed by atoms with Gasteiger partial charge in [0.25, 0.3) is 0 Å². The second-order valence-corrected chi connectivity index (χ2v) is 6.79. The van der Waals surface area contributed by atoms with E-state index in [4.69, 9.17) is 4.74 Å². The fraction of sp³-hybridized carbons (Fsp3) is 0.273. The normalized spacial score (nSPS) is 19.8. The minimum atomic E-state index is -0.224. The third kappa shape index (κ3) is 3.27. The van der Waals surface area contributed by atoms with Gasteiger partial charge in [0.05, 0.1) is 0 Å². The maximum absolute atomic E-state index is 12.6. The first-order valence-corrected chi connectivity index (χ1v) is 9.04. The molecule has 2 aromatic carbocycles. The number of Topliss-reactive ketones (excluding diaryl/α,β-unsaturated/α-hetero) is 1. The van der Waals surface area contributed by atoms with Gasteiger partial charge in [-0.15, -0.1) is 0 Å². The van der Waals surface area contributed by atoms with Crippen LogP contribution >= 0.6 is 0 Å². The number of allylic oxidation sites excluding steroid dienone is 2. The van der Waals surface area contributed by atoms with Crippen LogP contribution in [0.1, 0.15) is 42.7 Å². The molecule has 1 aliphatic heterocycles. The molecule has 0 radical (unpaired) electrons. The van der Waals surface area contributed by atoms with Crippen LogP contribution in [0.4, 0.5) is 0 Å². The van der Waals surface area contributed by atoms with Gasteiger partial charge in [0, 0.05) is 35.6 Å². The van der Waals surface area contributed by atoms with Gasteiger partial charge < -0.3 is 10.1 Å². The Morgan fingerprint density at radius 1 is 0.962 bits per heavy atom. The van der Waals surface area contributed by atoms with E-state index in [1.807, 2.05) is 54.6 Å². The summed E-state index contributed by atoms with van der Waals surface area (Å²) in [6.45, 7) is 0.455. The third-order valence-electron chi connectivity index (χ3n) is 5.02. The largest absolute Gasteiger partial charge is 0.489 e. The summed E-state index contributed by atoms with van der Waals surface area (Å²) in [7, 11) is 0. The molecule has 2 aliphatic rings. The van der Waals surface area contributed by atoms with Crippen molar-refractivity contribution in [2.24, 2.45) is 0 Å². The SMILES string of the molecule is O=C1C[C@@H](c2ccccc2OCc2ccccc2)C2=C(CCCC2=O)N1. The summed E-state index contributed by atoms with van der Waals surface area (Å²) in [5, 5.41) is 2.90. The molecule has 0 aromatic heterocycles. The van der Waals surface area contributed by atoms with Crippen LogP contribution in [0.3, 0.4) is 0 Å². The Morgan fingerprint density at radius 2 is 1.73 bits per heavy atom. The average Bonchev–Trinajstić information content (AvgIpc) is 2.67. The second-order valence-electron chi connectivity index (χ2n) is 6.79. The van der Waals surface area contributed by atoms with E-state index in [-0.39, 0.29) is 24.0 Å². The number of hydrogen-bond donors (Lipinski definition) is 1. The van der Waals surface area contributed by atoms with Crippen LogP contribution in [0.25, 0.3) is 0 Å². The summed E-state index contributed by atoms with van der Waals surface area (Å²) in [5.41, 5.74) is 3.57. The maximum Gasteiger partial charge on any atom is 0.225 e. The zero-order valence-corrected chi connectivity index (χ0v) is 14.5. The van der Waals surface area contributed by atoms with E-state index >= 15 is 0 Å². The standard InChI is InChI=1S/C22H21NO3/c24-19-11-6-10-18-22(19)17(13-21(25)23-18)16-9-4-5-12-20(16)26-14-15-7-2-1-3-8-15/h1-5,7-9,12,17H,6,10-11,13-14H2,(H,23,25)/t17-/m0/s1. The Kier molecular flexibility index (Phi) is 4.57. The smallest absolute Gasteiger partial charge is 0.225 e. The lowest BCUT2D eigenvalue weighted by Crippen LogP contribution is -2.36. The topological polar surface area (TPSA) is 55.4 Å². The molecule has 2 aromatic rings. The Hall–Kier alpha value is -2.88. The summed E-state index contributed by atoms with van der Waals surface area (Å²) in [6.07, 6.45) is 2.40. The van der Waals surface area contributed by atoms with Crippen molar-refractivity contribution in [3.05, 3.63) is 77.0 Å². The van der Waals surface area contributed by atoms with Crippen molar-refractivity contribution in [2.45, 2.75) is 38.2 Å². The Balaban J connectivity index is 1.66.